The maximum absolute atomic E-state index is 11.6. The molecule has 15 heavy (non-hydrogen) atoms. The summed E-state index contributed by atoms with van der Waals surface area (Å²) in [5, 5.41) is 0. The van der Waals surface area contributed by atoms with Crippen LogP contribution in [0.2, 0.25) is 0 Å². The predicted octanol–water partition coefficient (Wildman–Crippen LogP) is 2.36. The molecule has 3 nitrogen and oxygen atoms in total. The number of hydrogen-bond acceptors (Lipinski definition) is 3. The second-order valence-electron chi connectivity index (χ2n) is 3.30. The van der Waals surface area contributed by atoms with Crippen LogP contribution in [0.4, 0.5) is 0 Å². The molecule has 4 heteroatoms. The highest BCUT2D eigenvalue weighted by Crippen LogP contribution is 2.12. The average Bonchev–Trinajstić information content (AvgIpc) is 2.18. The number of hydrogen-bond donors (Lipinski definition) is 0. The second kappa shape index (κ2) is 5.09. The molecule has 0 bridgehead atoms. The summed E-state index contributed by atoms with van der Waals surface area (Å²) >= 11 is 0. The van der Waals surface area contributed by atoms with Crippen molar-refractivity contribution in [1.82, 2.24) is 0 Å². The first kappa shape index (κ1) is 11.9. The molecule has 0 N–H and O–H groups in total. The van der Waals surface area contributed by atoms with Crippen molar-refractivity contribution in [3.63, 3.8) is 0 Å². The topological polar surface area (TPSA) is 43.4 Å². The van der Waals surface area contributed by atoms with E-state index < -0.39 is 10.1 Å². The molecule has 1 rings (SSSR count). The fourth-order valence-electron chi connectivity index (χ4n) is 0.981. The molecule has 1 aromatic carbocycles. The summed E-state index contributed by atoms with van der Waals surface area (Å²) in [4.78, 5) is 0.187. The molecule has 0 aliphatic rings. The largest absolute Gasteiger partial charge is 0.296 e. The molecular weight excluding hydrogens is 212 g/mol. The van der Waals surface area contributed by atoms with Crippen molar-refractivity contribution in [2.45, 2.75) is 18.2 Å². The highest BCUT2D eigenvalue weighted by molar-refractivity contribution is 7.86. The van der Waals surface area contributed by atoms with Gasteiger partial charge < -0.3 is 0 Å². The Morgan fingerprint density at radius 1 is 1.33 bits per heavy atom. The van der Waals surface area contributed by atoms with Gasteiger partial charge in [-0.05, 0) is 25.5 Å². The Bertz CT molecular complexity index is 420. The van der Waals surface area contributed by atoms with E-state index in [1.807, 2.05) is 6.92 Å². The third kappa shape index (κ3) is 3.85. The quantitative estimate of drug-likeness (QED) is 0.572. The van der Waals surface area contributed by atoms with E-state index in [0.717, 1.165) is 5.57 Å². The Balaban J connectivity index is 2.65. The Kier molecular flexibility index (Phi) is 4.05. The minimum atomic E-state index is -3.60. The van der Waals surface area contributed by atoms with E-state index in [4.69, 9.17) is 4.18 Å². The lowest BCUT2D eigenvalue weighted by molar-refractivity contribution is 0.322. The van der Waals surface area contributed by atoms with Crippen molar-refractivity contribution >= 4 is 10.1 Å². The summed E-state index contributed by atoms with van der Waals surface area (Å²) in [5.41, 5.74) is 0.901. The minimum Gasteiger partial charge on any atom is -0.266 e. The van der Waals surface area contributed by atoms with Gasteiger partial charge in [0.05, 0.1) is 11.5 Å². The molecule has 0 unspecified atom stereocenters. The maximum atomic E-state index is 11.6. The van der Waals surface area contributed by atoms with Crippen LogP contribution in [0, 0.1) is 0 Å². The fourth-order valence-corrected chi connectivity index (χ4v) is 1.91. The van der Waals surface area contributed by atoms with Gasteiger partial charge in [-0.25, -0.2) is 0 Å². The number of benzene rings is 1. The monoisotopic (exact) mass is 226 g/mol. The van der Waals surface area contributed by atoms with Gasteiger partial charge in [-0.1, -0.05) is 23.8 Å². The first-order valence-electron chi connectivity index (χ1n) is 4.61. The van der Waals surface area contributed by atoms with Gasteiger partial charge in [-0.15, -0.1) is 6.58 Å². The smallest absolute Gasteiger partial charge is 0.266 e. The van der Waals surface area contributed by atoms with Gasteiger partial charge in [-0.2, -0.15) is 8.42 Å². The lowest BCUT2D eigenvalue weighted by atomic mass is 10.3. The molecule has 0 aromatic heterocycles. The van der Waals surface area contributed by atoms with Crippen LogP contribution in [0.1, 0.15) is 13.3 Å². The molecule has 1 aromatic rings. The van der Waals surface area contributed by atoms with E-state index >= 15 is 0 Å². The van der Waals surface area contributed by atoms with Crippen molar-refractivity contribution in [2.75, 3.05) is 6.61 Å². The Hall–Kier alpha value is -1.13. The summed E-state index contributed by atoms with van der Waals surface area (Å²) in [6.07, 6.45) is 0.548. The SMILES string of the molecule is C=C(C)CCOS(=O)(=O)c1ccccc1. The maximum Gasteiger partial charge on any atom is 0.296 e. The molecule has 0 aliphatic carbocycles. The zero-order chi connectivity index (χ0) is 11.3. The van der Waals surface area contributed by atoms with E-state index in [1.54, 1.807) is 18.2 Å². The molecule has 0 spiro atoms. The lowest BCUT2D eigenvalue weighted by Gasteiger charge is -2.04. The van der Waals surface area contributed by atoms with Crippen LogP contribution in [0.25, 0.3) is 0 Å². The van der Waals surface area contributed by atoms with E-state index in [-0.39, 0.29) is 11.5 Å². The van der Waals surface area contributed by atoms with Gasteiger partial charge in [-0.3, -0.25) is 4.18 Å². The van der Waals surface area contributed by atoms with Crippen molar-refractivity contribution in [2.24, 2.45) is 0 Å². The Morgan fingerprint density at radius 3 is 2.47 bits per heavy atom. The van der Waals surface area contributed by atoms with E-state index in [2.05, 4.69) is 6.58 Å². The molecule has 0 amide bonds. The third-order valence-corrected chi connectivity index (χ3v) is 3.13. The standard InChI is InChI=1S/C11H14O3S/c1-10(2)8-9-14-15(12,13)11-6-4-3-5-7-11/h3-7H,1,8-9H2,2H3. The Morgan fingerprint density at radius 2 is 1.93 bits per heavy atom. The summed E-state index contributed by atoms with van der Waals surface area (Å²) in [5.74, 6) is 0. The van der Waals surface area contributed by atoms with Gasteiger partial charge in [0.1, 0.15) is 0 Å². The van der Waals surface area contributed by atoms with Gasteiger partial charge in [0, 0.05) is 0 Å². The van der Waals surface area contributed by atoms with Crippen molar-refractivity contribution in [3.8, 4) is 0 Å². The summed E-state index contributed by atoms with van der Waals surface area (Å²) in [6.45, 7) is 5.65. The molecule has 0 radical (unpaired) electrons. The van der Waals surface area contributed by atoms with Gasteiger partial charge in [0.2, 0.25) is 0 Å². The highest BCUT2D eigenvalue weighted by atomic mass is 32.2. The van der Waals surface area contributed by atoms with Crippen LogP contribution in [0.3, 0.4) is 0 Å². The van der Waals surface area contributed by atoms with Crippen LogP contribution >= 0.6 is 0 Å². The van der Waals surface area contributed by atoms with Crippen LogP contribution in [-0.2, 0) is 14.3 Å². The highest BCUT2D eigenvalue weighted by Gasteiger charge is 2.13. The van der Waals surface area contributed by atoms with Crippen LogP contribution in [-0.4, -0.2) is 15.0 Å². The summed E-state index contributed by atoms with van der Waals surface area (Å²) in [7, 11) is -3.60. The van der Waals surface area contributed by atoms with Crippen LogP contribution in [0.5, 0.6) is 0 Å². The minimum absolute atomic E-state index is 0.145. The molecule has 0 atom stereocenters. The van der Waals surface area contributed by atoms with Crippen LogP contribution < -0.4 is 0 Å². The van der Waals surface area contributed by atoms with E-state index in [9.17, 15) is 8.42 Å². The van der Waals surface area contributed by atoms with Gasteiger partial charge in [0.25, 0.3) is 10.1 Å². The van der Waals surface area contributed by atoms with Gasteiger partial charge >= 0.3 is 0 Å². The molecule has 0 saturated carbocycles. The van der Waals surface area contributed by atoms with Crippen LogP contribution in [0.15, 0.2) is 47.4 Å². The van der Waals surface area contributed by atoms with Gasteiger partial charge in [0.15, 0.2) is 0 Å². The molecular formula is C11H14O3S. The van der Waals surface area contributed by atoms with E-state index in [0.29, 0.717) is 6.42 Å². The molecule has 0 saturated heterocycles. The molecule has 0 heterocycles. The zero-order valence-electron chi connectivity index (χ0n) is 8.64. The third-order valence-electron chi connectivity index (χ3n) is 1.80. The van der Waals surface area contributed by atoms with Crippen molar-refractivity contribution < 1.29 is 12.6 Å². The summed E-state index contributed by atoms with van der Waals surface area (Å²) < 4.78 is 28.0. The molecule has 82 valence electrons. The first-order valence-corrected chi connectivity index (χ1v) is 6.02. The average molecular weight is 226 g/mol. The first-order chi connectivity index (χ1) is 7.02. The normalized spacial score (nSPS) is 11.3. The van der Waals surface area contributed by atoms with Crippen molar-refractivity contribution in [1.29, 1.82) is 0 Å². The molecule has 0 fully saturated rings. The lowest BCUT2D eigenvalue weighted by Crippen LogP contribution is -2.07. The fraction of sp³-hybridized carbons (Fsp3) is 0.273. The van der Waals surface area contributed by atoms with E-state index in [1.165, 1.54) is 12.1 Å². The summed E-state index contributed by atoms with van der Waals surface area (Å²) in [6, 6.07) is 8.10. The number of rotatable bonds is 5. The Labute approximate surface area is 90.5 Å². The predicted molar refractivity (Wildman–Crippen MR) is 59.0 cm³/mol. The second-order valence-corrected chi connectivity index (χ2v) is 4.91. The molecule has 0 aliphatic heterocycles. The zero-order valence-corrected chi connectivity index (χ0v) is 9.46. The van der Waals surface area contributed by atoms with Crippen molar-refractivity contribution in [3.05, 3.63) is 42.5 Å².